The second-order valence-corrected chi connectivity index (χ2v) is 7.04. The van der Waals surface area contributed by atoms with Gasteiger partial charge in [-0.15, -0.1) is 11.3 Å². The first-order chi connectivity index (χ1) is 12.1. The molecule has 0 atom stereocenters. The van der Waals surface area contributed by atoms with Gasteiger partial charge in [0.2, 0.25) is 5.91 Å². The van der Waals surface area contributed by atoms with Crippen LogP contribution in [-0.2, 0) is 11.2 Å². The van der Waals surface area contributed by atoms with Gasteiger partial charge < -0.3 is 5.32 Å². The zero-order chi connectivity index (χ0) is 17.6. The number of anilines is 1. The van der Waals surface area contributed by atoms with Gasteiger partial charge in [-0.1, -0.05) is 32.0 Å². The number of aromatic nitrogens is 2. The summed E-state index contributed by atoms with van der Waals surface area (Å²) in [6.45, 7) is 4.31. The van der Waals surface area contributed by atoms with Gasteiger partial charge >= 0.3 is 0 Å². The van der Waals surface area contributed by atoms with Crippen LogP contribution in [0.1, 0.15) is 37.4 Å². The molecule has 0 fully saturated rings. The molecule has 3 rings (SSSR count). The normalized spacial score (nSPS) is 10.8. The number of hydrogen-bond donors (Lipinski definition) is 1. The number of benzene rings is 1. The number of thiazole rings is 1. The largest absolute Gasteiger partial charge is 0.326 e. The molecule has 0 bridgehead atoms. The van der Waals surface area contributed by atoms with E-state index < -0.39 is 0 Å². The third-order valence-corrected chi connectivity index (χ3v) is 4.82. The van der Waals surface area contributed by atoms with Crippen molar-refractivity contribution in [2.75, 3.05) is 5.32 Å². The van der Waals surface area contributed by atoms with Crippen molar-refractivity contribution in [2.45, 2.75) is 32.6 Å². The fraction of sp³-hybridized carbons (Fsp3) is 0.250. The molecule has 1 amide bonds. The number of nitrogens with zero attached hydrogens (tertiary/aromatic N) is 2. The molecule has 2 heterocycles. The summed E-state index contributed by atoms with van der Waals surface area (Å²) in [4.78, 5) is 21.0. The molecule has 0 aliphatic carbocycles. The molecule has 3 aromatic rings. The third kappa shape index (κ3) is 4.73. The maximum Gasteiger partial charge on any atom is 0.224 e. The number of amides is 1. The summed E-state index contributed by atoms with van der Waals surface area (Å²) in [5, 5.41) is 5.83. The molecule has 0 saturated heterocycles. The first kappa shape index (κ1) is 17.3. The highest BCUT2D eigenvalue weighted by Crippen LogP contribution is 2.22. The lowest BCUT2D eigenvalue weighted by molar-refractivity contribution is -0.116. The first-order valence-electron chi connectivity index (χ1n) is 8.37. The summed E-state index contributed by atoms with van der Waals surface area (Å²) in [7, 11) is 0. The smallest absolute Gasteiger partial charge is 0.224 e. The van der Waals surface area contributed by atoms with E-state index in [1.54, 1.807) is 17.5 Å². The van der Waals surface area contributed by atoms with E-state index in [1.807, 2.05) is 35.7 Å². The topological polar surface area (TPSA) is 54.9 Å². The van der Waals surface area contributed by atoms with E-state index in [-0.39, 0.29) is 5.91 Å². The summed E-state index contributed by atoms with van der Waals surface area (Å²) in [6, 6.07) is 13.8. The molecule has 0 radical (unpaired) electrons. The average Bonchev–Trinajstić information content (AvgIpc) is 3.10. The molecule has 0 unspecified atom stereocenters. The Bertz CT molecular complexity index is 826. The highest BCUT2D eigenvalue weighted by molar-refractivity contribution is 7.13. The molecule has 0 spiro atoms. The standard InChI is InChI=1S/C20H21N3OS/c1-14(2)15-6-8-16(9-7-15)22-19(24)11-10-17-13-25-20(23-17)18-5-3-4-12-21-18/h3-9,12-14H,10-11H2,1-2H3,(H,22,24). The van der Waals surface area contributed by atoms with E-state index in [9.17, 15) is 4.79 Å². The van der Waals surface area contributed by atoms with Gasteiger partial charge in [0.1, 0.15) is 5.01 Å². The third-order valence-electron chi connectivity index (χ3n) is 3.91. The van der Waals surface area contributed by atoms with Crippen molar-refractivity contribution in [3.8, 4) is 10.7 Å². The number of rotatable bonds is 6. The van der Waals surface area contributed by atoms with Crippen LogP contribution in [0.2, 0.25) is 0 Å². The molecule has 128 valence electrons. The number of carbonyl (C=O) groups excluding carboxylic acids is 1. The number of hydrogen-bond acceptors (Lipinski definition) is 4. The fourth-order valence-corrected chi connectivity index (χ4v) is 3.27. The van der Waals surface area contributed by atoms with Crippen molar-refractivity contribution >= 4 is 22.9 Å². The van der Waals surface area contributed by atoms with Crippen molar-refractivity contribution in [3.05, 3.63) is 65.3 Å². The van der Waals surface area contributed by atoms with Crippen LogP contribution in [0.5, 0.6) is 0 Å². The molecule has 4 nitrogen and oxygen atoms in total. The molecule has 5 heteroatoms. The minimum absolute atomic E-state index is 0.00434. The Kier molecular flexibility index (Phi) is 5.56. The minimum atomic E-state index is 0.00434. The van der Waals surface area contributed by atoms with Crippen LogP contribution in [0.15, 0.2) is 54.0 Å². The Morgan fingerprint density at radius 1 is 1.16 bits per heavy atom. The molecule has 1 N–H and O–H groups in total. The van der Waals surface area contributed by atoms with Gasteiger partial charge in [-0.05, 0) is 42.2 Å². The van der Waals surface area contributed by atoms with Crippen LogP contribution >= 0.6 is 11.3 Å². The number of pyridine rings is 1. The predicted octanol–water partition coefficient (Wildman–Crippen LogP) is 4.90. The van der Waals surface area contributed by atoms with Crippen molar-refractivity contribution in [2.24, 2.45) is 0 Å². The lowest BCUT2D eigenvalue weighted by Crippen LogP contribution is -2.12. The van der Waals surface area contributed by atoms with Gasteiger partial charge in [-0.3, -0.25) is 9.78 Å². The van der Waals surface area contributed by atoms with E-state index in [4.69, 9.17) is 0 Å². The van der Waals surface area contributed by atoms with E-state index in [1.165, 1.54) is 5.56 Å². The van der Waals surface area contributed by atoms with E-state index in [0.29, 0.717) is 18.8 Å². The second kappa shape index (κ2) is 8.03. The monoisotopic (exact) mass is 351 g/mol. The summed E-state index contributed by atoms with van der Waals surface area (Å²) in [5.74, 6) is 0.493. The molecule has 0 aliphatic rings. The highest BCUT2D eigenvalue weighted by Gasteiger charge is 2.08. The minimum Gasteiger partial charge on any atom is -0.326 e. The van der Waals surface area contributed by atoms with Crippen LogP contribution in [0.3, 0.4) is 0 Å². The van der Waals surface area contributed by atoms with E-state index in [0.717, 1.165) is 22.1 Å². The maximum absolute atomic E-state index is 12.1. The molecule has 0 saturated carbocycles. The fourth-order valence-electron chi connectivity index (χ4n) is 2.45. The average molecular weight is 351 g/mol. The van der Waals surface area contributed by atoms with Crippen molar-refractivity contribution in [1.82, 2.24) is 9.97 Å². The van der Waals surface area contributed by atoms with E-state index in [2.05, 4.69) is 41.3 Å². The van der Waals surface area contributed by atoms with Gasteiger partial charge in [0.25, 0.3) is 0 Å². The molecular weight excluding hydrogens is 330 g/mol. The summed E-state index contributed by atoms with van der Waals surface area (Å²) < 4.78 is 0. The zero-order valence-electron chi connectivity index (χ0n) is 14.4. The molecule has 1 aromatic carbocycles. The Labute approximate surface area is 152 Å². The van der Waals surface area contributed by atoms with Crippen LogP contribution in [0.4, 0.5) is 5.69 Å². The highest BCUT2D eigenvalue weighted by atomic mass is 32.1. The lowest BCUT2D eigenvalue weighted by Gasteiger charge is -2.08. The Morgan fingerprint density at radius 2 is 1.96 bits per heavy atom. The molecular formula is C20H21N3OS. The predicted molar refractivity (Wildman–Crippen MR) is 103 cm³/mol. The Hall–Kier alpha value is -2.53. The molecule has 2 aromatic heterocycles. The Morgan fingerprint density at radius 3 is 2.64 bits per heavy atom. The lowest BCUT2D eigenvalue weighted by atomic mass is 10.0. The number of nitrogens with one attached hydrogen (secondary N) is 1. The van der Waals surface area contributed by atoms with Crippen LogP contribution in [-0.4, -0.2) is 15.9 Å². The summed E-state index contributed by atoms with van der Waals surface area (Å²) >= 11 is 1.56. The maximum atomic E-state index is 12.1. The van der Waals surface area contributed by atoms with Gasteiger partial charge in [0.05, 0.1) is 11.4 Å². The zero-order valence-corrected chi connectivity index (χ0v) is 15.2. The van der Waals surface area contributed by atoms with Crippen molar-refractivity contribution in [1.29, 1.82) is 0 Å². The quantitative estimate of drug-likeness (QED) is 0.687. The van der Waals surface area contributed by atoms with Crippen molar-refractivity contribution in [3.63, 3.8) is 0 Å². The van der Waals surface area contributed by atoms with Gasteiger partial charge in [0.15, 0.2) is 0 Å². The van der Waals surface area contributed by atoms with Crippen LogP contribution < -0.4 is 5.32 Å². The Balaban J connectivity index is 1.53. The van der Waals surface area contributed by atoms with Gasteiger partial charge in [-0.2, -0.15) is 0 Å². The van der Waals surface area contributed by atoms with Crippen LogP contribution in [0, 0.1) is 0 Å². The molecule has 25 heavy (non-hydrogen) atoms. The number of carbonyl (C=O) groups is 1. The van der Waals surface area contributed by atoms with E-state index >= 15 is 0 Å². The van der Waals surface area contributed by atoms with Crippen LogP contribution in [0.25, 0.3) is 10.7 Å². The SMILES string of the molecule is CC(C)c1ccc(NC(=O)CCc2csc(-c3ccccn3)n2)cc1. The summed E-state index contributed by atoms with van der Waals surface area (Å²) in [6.07, 6.45) is 2.80. The molecule has 0 aliphatic heterocycles. The van der Waals surface area contributed by atoms with Gasteiger partial charge in [-0.25, -0.2) is 4.98 Å². The number of aryl methyl sites for hydroxylation is 1. The van der Waals surface area contributed by atoms with Crippen molar-refractivity contribution < 1.29 is 4.79 Å². The summed E-state index contributed by atoms with van der Waals surface area (Å²) in [5.41, 5.74) is 3.90. The van der Waals surface area contributed by atoms with Gasteiger partial charge in [0, 0.05) is 23.7 Å². The first-order valence-corrected chi connectivity index (χ1v) is 9.25. The second-order valence-electron chi connectivity index (χ2n) is 6.18.